The first-order chi connectivity index (χ1) is 8.06. The Hall–Kier alpha value is -2.15. The maximum absolute atomic E-state index is 11.6. The summed E-state index contributed by atoms with van der Waals surface area (Å²) in [4.78, 5) is 25.7. The van der Waals surface area contributed by atoms with Gasteiger partial charge in [0.25, 0.3) is 5.91 Å². The summed E-state index contributed by atoms with van der Waals surface area (Å²) in [5.74, 6) is -1.66. The molecule has 0 aromatic carbocycles. The summed E-state index contributed by atoms with van der Waals surface area (Å²) in [6.07, 6.45) is 1.14. The van der Waals surface area contributed by atoms with Gasteiger partial charge in [0.05, 0.1) is 25.4 Å². The monoisotopic (exact) mass is 240 g/mol. The van der Waals surface area contributed by atoms with E-state index in [4.69, 9.17) is 14.9 Å². The van der Waals surface area contributed by atoms with Crippen molar-refractivity contribution in [3.63, 3.8) is 0 Å². The van der Waals surface area contributed by atoms with Gasteiger partial charge >= 0.3 is 5.97 Å². The van der Waals surface area contributed by atoms with E-state index in [0.29, 0.717) is 0 Å². The first-order valence-electron chi connectivity index (χ1n) is 4.73. The molecule has 1 aromatic rings. The second-order valence-corrected chi connectivity index (χ2v) is 3.14. The summed E-state index contributed by atoms with van der Waals surface area (Å²) in [5.41, 5.74) is 0.222. The third kappa shape index (κ3) is 3.42. The van der Waals surface area contributed by atoms with Crippen molar-refractivity contribution in [1.29, 1.82) is 0 Å². The van der Waals surface area contributed by atoms with Crippen LogP contribution in [0.25, 0.3) is 0 Å². The Morgan fingerprint density at radius 3 is 2.88 bits per heavy atom. The molecule has 0 bridgehead atoms. The first kappa shape index (κ1) is 12.9. The number of carbonyl (C=O) groups excluding carboxylic acids is 1. The van der Waals surface area contributed by atoms with Gasteiger partial charge in [-0.05, 0) is 6.07 Å². The maximum atomic E-state index is 11.6. The van der Waals surface area contributed by atoms with Crippen molar-refractivity contribution in [1.82, 2.24) is 10.3 Å². The molecular weight excluding hydrogens is 228 g/mol. The smallest absolute Gasteiger partial charge is 0.334 e. The van der Waals surface area contributed by atoms with Gasteiger partial charge in [-0.15, -0.1) is 0 Å². The number of rotatable bonds is 5. The molecule has 0 unspecified atom stereocenters. The summed E-state index contributed by atoms with van der Waals surface area (Å²) in [5, 5.41) is 19.7. The number of aliphatic hydroxyl groups is 1. The molecule has 0 fully saturated rings. The molecular formula is C10H12N2O5. The number of carboxylic acid groups (broad SMARTS) is 1. The fraction of sp³-hybridized carbons (Fsp3) is 0.300. The van der Waals surface area contributed by atoms with Crippen LogP contribution in [0.2, 0.25) is 0 Å². The third-order valence-corrected chi connectivity index (χ3v) is 1.99. The van der Waals surface area contributed by atoms with Gasteiger partial charge in [0.15, 0.2) is 6.10 Å². The minimum Gasteiger partial charge on any atom is -0.494 e. The van der Waals surface area contributed by atoms with Gasteiger partial charge in [-0.25, -0.2) is 4.79 Å². The van der Waals surface area contributed by atoms with E-state index in [9.17, 15) is 9.59 Å². The van der Waals surface area contributed by atoms with Crippen LogP contribution in [-0.4, -0.2) is 46.8 Å². The molecule has 1 atom stereocenters. The number of hydrogen-bond acceptors (Lipinski definition) is 5. The molecule has 0 aliphatic rings. The van der Waals surface area contributed by atoms with E-state index in [1.807, 2.05) is 0 Å². The second-order valence-electron chi connectivity index (χ2n) is 3.14. The fourth-order valence-corrected chi connectivity index (χ4v) is 1.10. The molecule has 0 saturated heterocycles. The molecule has 1 rings (SSSR count). The van der Waals surface area contributed by atoms with Crippen molar-refractivity contribution in [2.45, 2.75) is 6.10 Å². The van der Waals surface area contributed by atoms with Gasteiger partial charge < -0.3 is 20.3 Å². The van der Waals surface area contributed by atoms with Crippen LogP contribution < -0.4 is 10.1 Å². The molecule has 1 amide bonds. The Labute approximate surface area is 97.1 Å². The van der Waals surface area contributed by atoms with E-state index in [1.54, 1.807) is 0 Å². The Balaban J connectivity index is 2.67. The molecule has 7 nitrogen and oxygen atoms in total. The van der Waals surface area contributed by atoms with Gasteiger partial charge in [0.2, 0.25) is 0 Å². The SMILES string of the molecule is COc1cnccc1C(=O)NC[C@H](O)C(=O)O. The normalized spacial score (nSPS) is 11.6. The minimum atomic E-state index is -1.63. The van der Waals surface area contributed by atoms with E-state index >= 15 is 0 Å². The fourth-order valence-electron chi connectivity index (χ4n) is 1.10. The number of ether oxygens (including phenoxy) is 1. The van der Waals surface area contributed by atoms with Gasteiger partial charge in [-0.2, -0.15) is 0 Å². The highest BCUT2D eigenvalue weighted by atomic mass is 16.5. The number of hydrogen-bond donors (Lipinski definition) is 3. The molecule has 7 heteroatoms. The first-order valence-corrected chi connectivity index (χ1v) is 4.73. The number of nitrogens with zero attached hydrogens (tertiary/aromatic N) is 1. The predicted octanol–water partition coefficient (Wildman–Crippen LogP) is -0.735. The Morgan fingerprint density at radius 1 is 1.59 bits per heavy atom. The number of carbonyl (C=O) groups is 2. The van der Waals surface area contributed by atoms with Gasteiger partial charge in [0, 0.05) is 6.20 Å². The minimum absolute atomic E-state index is 0.222. The van der Waals surface area contributed by atoms with Crippen LogP contribution in [0.5, 0.6) is 5.75 Å². The van der Waals surface area contributed by atoms with Crippen molar-refractivity contribution in [2.24, 2.45) is 0 Å². The number of methoxy groups -OCH3 is 1. The zero-order chi connectivity index (χ0) is 12.8. The van der Waals surface area contributed by atoms with Gasteiger partial charge in [-0.3, -0.25) is 9.78 Å². The highest BCUT2D eigenvalue weighted by Crippen LogP contribution is 2.14. The Morgan fingerprint density at radius 2 is 2.29 bits per heavy atom. The summed E-state index contributed by atoms with van der Waals surface area (Å²) in [6, 6.07) is 1.43. The molecule has 0 saturated carbocycles. The zero-order valence-electron chi connectivity index (χ0n) is 9.08. The van der Waals surface area contributed by atoms with Crippen LogP contribution >= 0.6 is 0 Å². The molecule has 1 heterocycles. The van der Waals surface area contributed by atoms with E-state index < -0.39 is 18.0 Å². The van der Waals surface area contributed by atoms with Gasteiger partial charge in [-0.1, -0.05) is 0 Å². The summed E-state index contributed by atoms with van der Waals surface area (Å²) < 4.78 is 4.92. The Kier molecular flexibility index (Phi) is 4.41. The lowest BCUT2D eigenvalue weighted by Crippen LogP contribution is -2.36. The second kappa shape index (κ2) is 5.80. The van der Waals surface area contributed by atoms with Crippen LogP contribution in [0.1, 0.15) is 10.4 Å². The number of nitrogens with one attached hydrogen (secondary N) is 1. The lowest BCUT2D eigenvalue weighted by Gasteiger charge is -2.09. The summed E-state index contributed by atoms with van der Waals surface area (Å²) >= 11 is 0. The quantitative estimate of drug-likeness (QED) is 0.625. The van der Waals surface area contributed by atoms with Gasteiger partial charge in [0.1, 0.15) is 5.75 Å². The number of aromatic nitrogens is 1. The van der Waals surface area contributed by atoms with E-state index in [1.165, 1.54) is 25.6 Å². The molecule has 0 spiro atoms. The number of amides is 1. The molecule has 0 radical (unpaired) electrons. The summed E-state index contributed by atoms with van der Waals surface area (Å²) in [7, 11) is 1.39. The highest BCUT2D eigenvalue weighted by molar-refractivity contribution is 5.96. The average Bonchev–Trinajstić information content (AvgIpc) is 2.35. The number of aliphatic hydroxyl groups excluding tert-OH is 1. The molecule has 17 heavy (non-hydrogen) atoms. The average molecular weight is 240 g/mol. The van der Waals surface area contributed by atoms with E-state index in [0.717, 1.165) is 0 Å². The van der Waals surface area contributed by atoms with Crippen LogP contribution in [-0.2, 0) is 4.79 Å². The predicted molar refractivity (Wildman–Crippen MR) is 56.8 cm³/mol. The number of aliphatic carboxylic acids is 1. The molecule has 1 aromatic heterocycles. The highest BCUT2D eigenvalue weighted by Gasteiger charge is 2.16. The van der Waals surface area contributed by atoms with Crippen LogP contribution in [0.15, 0.2) is 18.5 Å². The molecule has 0 aliphatic carbocycles. The summed E-state index contributed by atoms with van der Waals surface area (Å²) in [6.45, 7) is -0.375. The van der Waals surface area contributed by atoms with Crippen LogP contribution in [0.4, 0.5) is 0 Å². The standard InChI is InChI=1S/C10H12N2O5/c1-17-8-5-11-3-2-6(8)9(14)12-4-7(13)10(15)16/h2-3,5,7,13H,4H2,1H3,(H,12,14)(H,15,16)/t7-/m0/s1. The Bertz CT molecular complexity index is 421. The van der Waals surface area contributed by atoms with Crippen molar-refractivity contribution >= 4 is 11.9 Å². The number of carboxylic acids is 1. The van der Waals surface area contributed by atoms with E-state index in [2.05, 4.69) is 10.3 Å². The maximum Gasteiger partial charge on any atom is 0.334 e. The van der Waals surface area contributed by atoms with Crippen molar-refractivity contribution < 1.29 is 24.5 Å². The van der Waals surface area contributed by atoms with Crippen molar-refractivity contribution in [3.05, 3.63) is 24.0 Å². The lowest BCUT2D eigenvalue weighted by atomic mass is 10.2. The lowest BCUT2D eigenvalue weighted by molar-refractivity contribution is -0.146. The van der Waals surface area contributed by atoms with Crippen molar-refractivity contribution in [2.75, 3.05) is 13.7 Å². The molecule has 0 aliphatic heterocycles. The largest absolute Gasteiger partial charge is 0.494 e. The van der Waals surface area contributed by atoms with Crippen LogP contribution in [0.3, 0.4) is 0 Å². The third-order valence-electron chi connectivity index (χ3n) is 1.99. The van der Waals surface area contributed by atoms with Crippen LogP contribution in [0, 0.1) is 0 Å². The number of pyridine rings is 1. The molecule has 3 N–H and O–H groups in total. The zero-order valence-corrected chi connectivity index (χ0v) is 9.08. The van der Waals surface area contributed by atoms with E-state index in [-0.39, 0.29) is 17.9 Å². The topological polar surface area (TPSA) is 109 Å². The van der Waals surface area contributed by atoms with Crippen molar-refractivity contribution in [3.8, 4) is 5.75 Å². The molecule has 92 valence electrons.